The predicted molar refractivity (Wildman–Crippen MR) is 104 cm³/mol. The van der Waals surface area contributed by atoms with Gasteiger partial charge in [-0.15, -0.1) is 11.6 Å². The number of aryl methyl sites for hydroxylation is 2. The van der Waals surface area contributed by atoms with Crippen molar-refractivity contribution in [2.45, 2.75) is 57.4 Å². The Morgan fingerprint density at radius 3 is 2.73 bits per heavy atom. The summed E-state index contributed by atoms with van der Waals surface area (Å²) >= 11 is 6.45. The Bertz CT molecular complexity index is 628. The first-order valence-electron chi connectivity index (χ1n) is 9.27. The molecule has 2 rings (SSSR count). The third kappa shape index (κ3) is 6.03. The second-order valence-corrected chi connectivity index (χ2v) is 7.76. The molecule has 1 aliphatic carbocycles. The van der Waals surface area contributed by atoms with Crippen molar-refractivity contribution in [1.29, 1.82) is 0 Å². The number of allylic oxidation sites excluding steroid dienone is 2. The van der Waals surface area contributed by atoms with Gasteiger partial charge in [0.1, 0.15) is 5.75 Å². The molecule has 1 aliphatic rings. The minimum atomic E-state index is -0.762. The summed E-state index contributed by atoms with van der Waals surface area (Å²) in [5.74, 6) is 0.222. The molecule has 0 saturated heterocycles. The van der Waals surface area contributed by atoms with Gasteiger partial charge in [0.05, 0.1) is 12.7 Å². The molecule has 0 radical (unpaired) electrons. The van der Waals surface area contributed by atoms with Crippen molar-refractivity contribution in [2.75, 3.05) is 6.61 Å². The fourth-order valence-corrected chi connectivity index (χ4v) is 3.90. The lowest BCUT2D eigenvalue weighted by Crippen LogP contribution is -2.27. The number of benzene rings is 1. The van der Waals surface area contributed by atoms with Crippen LogP contribution in [0.4, 0.5) is 0 Å². The third-order valence-corrected chi connectivity index (χ3v) is 5.73. The number of aliphatic hydroxyl groups excluding tert-OH is 1. The summed E-state index contributed by atoms with van der Waals surface area (Å²) in [6, 6.07) is 6.02. The van der Waals surface area contributed by atoms with E-state index in [2.05, 4.69) is 19.9 Å². The molecule has 144 valence electrons. The Hall–Kier alpha value is -1.52. The van der Waals surface area contributed by atoms with E-state index in [1.807, 2.05) is 24.3 Å². The molecule has 0 heterocycles. The number of unbranched alkanes of at least 4 members (excludes halogenated alkanes) is 1. The molecule has 4 nitrogen and oxygen atoms in total. The van der Waals surface area contributed by atoms with Gasteiger partial charge < -0.3 is 14.9 Å². The molecule has 0 amide bonds. The Morgan fingerprint density at radius 1 is 1.27 bits per heavy atom. The monoisotopic (exact) mass is 380 g/mol. The number of aliphatic hydroxyl groups is 1. The maximum atomic E-state index is 10.5. The largest absolute Gasteiger partial charge is 0.493 e. The van der Waals surface area contributed by atoms with E-state index in [1.165, 1.54) is 11.1 Å². The van der Waals surface area contributed by atoms with Crippen molar-refractivity contribution in [3.63, 3.8) is 0 Å². The zero-order chi connectivity index (χ0) is 19.1. The van der Waals surface area contributed by atoms with Gasteiger partial charge in [0.15, 0.2) is 0 Å². The molecule has 1 saturated carbocycles. The molecule has 1 aromatic rings. The topological polar surface area (TPSA) is 66.8 Å². The number of carbonyl (C=O) groups is 1. The lowest BCUT2D eigenvalue weighted by atomic mass is 9.92. The molecule has 0 unspecified atom stereocenters. The third-order valence-electron chi connectivity index (χ3n) is 5.23. The van der Waals surface area contributed by atoms with Gasteiger partial charge in [0, 0.05) is 17.7 Å². The molecule has 2 N–H and O–H groups in total. The molecular weight excluding hydrogens is 352 g/mol. The van der Waals surface area contributed by atoms with Crippen LogP contribution in [-0.2, 0) is 4.79 Å². The van der Waals surface area contributed by atoms with E-state index in [1.54, 1.807) is 0 Å². The van der Waals surface area contributed by atoms with Crippen molar-refractivity contribution < 1.29 is 19.7 Å². The van der Waals surface area contributed by atoms with Crippen molar-refractivity contribution in [2.24, 2.45) is 11.8 Å². The number of ether oxygens (including phenoxy) is 1. The number of halogens is 1. The van der Waals surface area contributed by atoms with E-state index in [0.29, 0.717) is 19.4 Å². The highest BCUT2D eigenvalue weighted by Crippen LogP contribution is 2.39. The highest BCUT2D eigenvalue weighted by atomic mass is 35.5. The van der Waals surface area contributed by atoms with E-state index in [9.17, 15) is 9.90 Å². The average Bonchev–Trinajstić information content (AvgIpc) is 2.85. The summed E-state index contributed by atoms with van der Waals surface area (Å²) in [7, 11) is 0. The molecule has 0 aliphatic heterocycles. The van der Waals surface area contributed by atoms with E-state index < -0.39 is 12.1 Å². The zero-order valence-corrected chi connectivity index (χ0v) is 16.3. The second kappa shape index (κ2) is 9.98. The number of hydrogen-bond donors (Lipinski definition) is 2. The molecule has 1 fully saturated rings. The Morgan fingerprint density at radius 2 is 2.04 bits per heavy atom. The summed E-state index contributed by atoms with van der Waals surface area (Å²) in [6.07, 6.45) is 6.56. The van der Waals surface area contributed by atoms with Gasteiger partial charge in [0.2, 0.25) is 0 Å². The number of hydrogen-bond acceptors (Lipinski definition) is 3. The maximum Gasteiger partial charge on any atom is 0.303 e. The van der Waals surface area contributed by atoms with Gasteiger partial charge in [-0.2, -0.15) is 0 Å². The van der Waals surface area contributed by atoms with Gasteiger partial charge in [-0.3, -0.25) is 4.79 Å². The van der Waals surface area contributed by atoms with Gasteiger partial charge in [-0.05, 0) is 68.7 Å². The van der Waals surface area contributed by atoms with Gasteiger partial charge in [-0.1, -0.05) is 18.2 Å². The van der Waals surface area contributed by atoms with Crippen LogP contribution in [0.15, 0.2) is 30.4 Å². The average molecular weight is 381 g/mol. The zero-order valence-electron chi connectivity index (χ0n) is 15.5. The first-order chi connectivity index (χ1) is 12.4. The van der Waals surface area contributed by atoms with Crippen molar-refractivity contribution in [3.05, 3.63) is 41.5 Å². The quantitative estimate of drug-likeness (QED) is 0.376. The molecule has 4 atom stereocenters. The van der Waals surface area contributed by atoms with Crippen LogP contribution in [0, 0.1) is 25.7 Å². The molecule has 1 aromatic carbocycles. The minimum absolute atomic E-state index is 0.00257. The van der Waals surface area contributed by atoms with Gasteiger partial charge in [-0.25, -0.2) is 0 Å². The van der Waals surface area contributed by atoms with Crippen molar-refractivity contribution >= 4 is 17.6 Å². The van der Waals surface area contributed by atoms with Crippen molar-refractivity contribution in [3.8, 4) is 5.75 Å². The Kier molecular flexibility index (Phi) is 7.98. The van der Waals surface area contributed by atoms with Crippen LogP contribution in [0.25, 0.3) is 0 Å². The Labute approximate surface area is 160 Å². The summed E-state index contributed by atoms with van der Waals surface area (Å²) in [6.45, 7) is 4.57. The highest BCUT2D eigenvalue weighted by Gasteiger charge is 2.41. The van der Waals surface area contributed by atoms with Gasteiger partial charge >= 0.3 is 5.97 Å². The second-order valence-electron chi connectivity index (χ2n) is 7.20. The van der Waals surface area contributed by atoms with Crippen LogP contribution >= 0.6 is 11.6 Å². The van der Waals surface area contributed by atoms with Crippen LogP contribution in [0.5, 0.6) is 5.75 Å². The van der Waals surface area contributed by atoms with Gasteiger partial charge in [0.25, 0.3) is 0 Å². The van der Waals surface area contributed by atoms with Crippen LogP contribution in [0.1, 0.15) is 43.2 Å². The van der Waals surface area contributed by atoms with E-state index in [0.717, 1.165) is 18.6 Å². The van der Waals surface area contributed by atoms with E-state index in [-0.39, 0.29) is 23.6 Å². The number of aliphatic carboxylic acids is 1. The number of carboxylic acid groups (broad SMARTS) is 1. The lowest BCUT2D eigenvalue weighted by molar-refractivity contribution is -0.137. The molecule has 0 spiro atoms. The van der Waals surface area contributed by atoms with Crippen LogP contribution in [0.2, 0.25) is 0 Å². The smallest absolute Gasteiger partial charge is 0.303 e. The molecule has 5 heteroatoms. The summed E-state index contributed by atoms with van der Waals surface area (Å²) in [5.41, 5.74) is 2.41. The SMILES string of the molecule is Cc1ccc(OC[C@H]2[C@@H](C/C=C\CCCC(=O)O)[C@H](Cl)C[C@H]2O)cc1C. The summed E-state index contributed by atoms with van der Waals surface area (Å²) in [4.78, 5) is 10.5. The molecule has 0 aromatic heterocycles. The maximum absolute atomic E-state index is 10.5. The molecule has 0 bridgehead atoms. The highest BCUT2D eigenvalue weighted by molar-refractivity contribution is 6.21. The lowest BCUT2D eigenvalue weighted by Gasteiger charge is -2.23. The fourth-order valence-electron chi connectivity index (χ4n) is 3.43. The molecular formula is C21H29ClO4. The standard InChI is InChI=1S/C21H29ClO4/c1-14-9-10-16(11-15(14)2)26-13-18-17(19(22)12-20(18)23)7-5-3-4-6-8-21(24)25/h3,5,9-11,17-20,23H,4,6-8,12-13H2,1-2H3,(H,24,25)/b5-3-/t17-,18+,19-,20-/m1/s1. The number of rotatable bonds is 9. The molecule has 26 heavy (non-hydrogen) atoms. The predicted octanol–water partition coefficient (Wildman–Crippen LogP) is 4.49. The summed E-state index contributed by atoms with van der Waals surface area (Å²) < 4.78 is 5.94. The van der Waals surface area contributed by atoms with E-state index >= 15 is 0 Å². The first-order valence-corrected chi connectivity index (χ1v) is 9.71. The van der Waals surface area contributed by atoms with Crippen molar-refractivity contribution in [1.82, 2.24) is 0 Å². The summed E-state index contributed by atoms with van der Waals surface area (Å²) in [5, 5.41) is 18.9. The minimum Gasteiger partial charge on any atom is -0.493 e. The van der Waals surface area contributed by atoms with Crippen LogP contribution < -0.4 is 4.74 Å². The van der Waals surface area contributed by atoms with Crippen LogP contribution in [-0.4, -0.2) is 34.3 Å². The van der Waals surface area contributed by atoms with Crippen LogP contribution in [0.3, 0.4) is 0 Å². The first kappa shape index (κ1) is 20.8. The number of alkyl halides is 1. The Balaban J connectivity index is 1.87. The fraction of sp³-hybridized carbons (Fsp3) is 0.571. The van der Waals surface area contributed by atoms with E-state index in [4.69, 9.17) is 21.4 Å². The normalized spacial score (nSPS) is 25.7. The number of carboxylic acids is 1.